The van der Waals surface area contributed by atoms with Gasteiger partial charge in [-0.15, -0.1) is 0 Å². The van der Waals surface area contributed by atoms with Gasteiger partial charge in [-0.3, -0.25) is 5.43 Å². The van der Waals surface area contributed by atoms with Crippen LogP contribution in [0.4, 0.5) is 11.8 Å². The van der Waals surface area contributed by atoms with Crippen molar-refractivity contribution < 1.29 is 0 Å². The maximum atomic E-state index is 5.42. The molecular weight excluding hydrogens is 240 g/mol. The molecule has 2 heterocycles. The van der Waals surface area contributed by atoms with Crippen molar-refractivity contribution in [2.24, 2.45) is 5.84 Å². The topological polar surface area (TPSA) is 70.3 Å². The number of anilines is 2. The lowest BCUT2D eigenvalue weighted by molar-refractivity contribution is 0.327. The van der Waals surface area contributed by atoms with Gasteiger partial charge in [0.1, 0.15) is 5.82 Å². The Hall–Kier alpha value is -1.40. The summed E-state index contributed by atoms with van der Waals surface area (Å²) in [5.74, 6) is 6.90. The van der Waals surface area contributed by atoms with Gasteiger partial charge in [-0.2, -0.15) is 4.98 Å². The van der Waals surface area contributed by atoms with Crippen LogP contribution in [0.3, 0.4) is 0 Å². The first-order valence-corrected chi connectivity index (χ1v) is 6.91. The summed E-state index contributed by atoms with van der Waals surface area (Å²) >= 11 is 0. The molecule has 3 N–H and O–H groups in total. The monoisotopic (exact) mass is 264 g/mol. The van der Waals surface area contributed by atoms with Gasteiger partial charge in [0.05, 0.1) is 0 Å². The predicted octanol–water partition coefficient (Wildman–Crippen LogP) is 0.991. The quantitative estimate of drug-likeness (QED) is 0.627. The molecule has 0 aromatic carbocycles. The van der Waals surface area contributed by atoms with E-state index in [1.165, 1.54) is 0 Å². The van der Waals surface area contributed by atoms with Crippen molar-refractivity contribution in [1.82, 2.24) is 14.9 Å². The first-order valence-electron chi connectivity index (χ1n) is 6.91. The van der Waals surface area contributed by atoms with E-state index in [1.54, 1.807) is 0 Å². The molecular formula is C13H24N6. The Morgan fingerprint density at radius 3 is 2.95 bits per heavy atom. The van der Waals surface area contributed by atoms with Gasteiger partial charge < -0.3 is 9.80 Å². The van der Waals surface area contributed by atoms with E-state index in [4.69, 9.17) is 5.84 Å². The molecule has 0 saturated carbocycles. The number of hydrogen-bond acceptors (Lipinski definition) is 6. The molecule has 0 bridgehead atoms. The van der Waals surface area contributed by atoms with Crippen LogP contribution in [0.15, 0.2) is 6.20 Å². The fourth-order valence-electron chi connectivity index (χ4n) is 2.66. The zero-order valence-corrected chi connectivity index (χ0v) is 12.1. The predicted molar refractivity (Wildman–Crippen MR) is 78.1 cm³/mol. The Bertz CT molecular complexity index is 422. The molecule has 0 radical (unpaired) electrons. The molecule has 0 aliphatic carbocycles. The SMILES string of the molecule is CCC1CN(C)CCCN1c1nc(NN)ncc1C. The summed E-state index contributed by atoms with van der Waals surface area (Å²) in [6, 6.07) is 0.492. The van der Waals surface area contributed by atoms with E-state index in [2.05, 4.69) is 46.1 Å². The van der Waals surface area contributed by atoms with E-state index in [-0.39, 0.29) is 0 Å². The van der Waals surface area contributed by atoms with Crippen molar-refractivity contribution in [2.75, 3.05) is 37.0 Å². The van der Waals surface area contributed by atoms with Crippen molar-refractivity contribution >= 4 is 11.8 Å². The minimum absolute atomic E-state index is 0.480. The second-order valence-corrected chi connectivity index (χ2v) is 5.22. The Labute approximate surface area is 115 Å². The number of aryl methyl sites for hydroxylation is 1. The van der Waals surface area contributed by atoms with E-state index < -0.39 is 0 Å². The lowest BCUT2D eigenvalue weighted by Gasteiger charge is -2.32. The molecule has 1 saturated heterocycles. The minimum atomic E-state index is 0.480. The van der Waals surface area contributed by atoms with Crippen molar-refractivity contribution in [2.45, 2.75) is 32.7 Å². The number of rotatable bonds is 3. The van der Waals surface area contributed by atoms with Crippen LogP contribution in [0.2, 0.25) is 0 Å². The molecule has 6 nitrogen and oxygen atoms in total. The lowest BCUT2D eigenvalue weighted by atomic mass is 10.1. The second kappa shape index (κ2) is 6.16. The average molecular weight is 264 g/mol. The third-order valence-corrected chi connectivity index (χ3v) is 3.72. The molecule has 106 valence electrons. The van der Waals surface area contributed by atoms with E-state index in [0.29, 0.717) is 12.0 Å². The number of hydrazine groups is 1. The van der Waals surface area contributed by atoms with Crippen LogP contribution in [-0.2, 0) is 0 Å². The average Bonchev–Trinajstić information content (AvgIpc) is 2.60. The Kier molecular flexibility index (Phi) is 4.55. The number of likely N-dealkylation sites (N-methyl/N-ethyl adjacent to an activating group) is 1. The summed E-state index contributed by atoms with van der Waals surface area (Å²) in [6.45, 7) is 7.53. The van der Waals surface area contributed by atoms with Crippen molar-refractivity contribution in [1.29, 1.82) is 0 Å². The van der Waals surface area contributed by atoms with Crippen LogP contribution < -0.4 is 16.2 Å². The van der Waals surface area contributed by atoms with E-state index >= 15 is 0 Å². The number of aromatic nitrogens is 2. The summed E-state index contributed by atoms with van der Waals surface area (Å²) in [4.78, 5) is 13.5. The number of nitrogens with two attached hydrogens (primary N) is 1. The normalized spacial score (nSPS) is 21.3. The molecule has 1 aliphatic heterocycles. The van der Waals surface area contributed by atoms with Crippen LogP contribution in [0.25, 0.3) is 0 Å². The summed E-state index contributed by atoms with van der Waals surface area (Å²) in [5, 5.41) is 0. The molecule has 1 atom stereocenters. The molecule has 1 aromatic rings. The fraction of sp³-hybridized carbons (Fsp3) is 0.692. The number of hydrogen-bond donors (Lipinski definition) is 2. The smallest absolute Gasteiger partial charge is 0.239 e. The van der Waals surface area contributed by atoms with Crippen LogP contribution in [-0.4, -0.2) is 47.6 Å². The zero-order chi connectivity index (χ0) is 13.8. The van der Waals surface area contributed by atoms with Crippen molar-refractivity contribution in [3.63, 3.8) is 0 Å². The number of nitrogen functional groups attached to an aromatic ring is 1. The van der Waals surface area contributed by atoms with E-state index in [1.807, 2.05) is 6.20 Å². The van der Waals surface area contributed by atoms with Crippen LogP contribution in [0.5, 0.6) is 0 Å². The largest absolute Gasteiger partial charge is 0.352 e. The lowest BCUT2D eigenvalue weighted by Crippen LogP contribution is -2.40. The third kappa shape index (κ3) is 3.13. The van der Waals surface area contributed by atoms with Crippen molar-refractivity contribution in [3.8, 4) is 0 Å². The summed E-state index contributed by atoms with van der Waals surface area (Å²) in [7, 11) is 2.19. The molecule has 6 heteroatoms. The third-order valence-electron chi connectivity index (χ3n) is 3.72. The second-order valence-electron chi connectivity index (χ2n) is 5.22. The van der Waals surface area contributed by atoms with Crippen LogP contribution >= 0.6 is 0 Å². The van der Waals surface area contributed by atoms with Gasteiger partial charge in [0.2, 0.25) is 5.95 Å². The van der Waals surface area contributed by atoms with Gasteiger partial charge in [0.25, 0.3) is 0 Å². The van der Waals surface area contributed by atoms with E-state index in [0.717, 1.165) is 43.9 Å². The summed E-state index contributed by atoms with van der Waals surface area (Å²) in [5.41, 5.74) is 3.63. The standard InChI is InChI=1S/C13H24N6/c1-4-11-9-18(3)6-5-7-19(11)12-10(2)8-15-13(16-12)17-14/h8,11H,4-7,9,14H2,1-3H3,(H,15,16,17). The van der Waals surface area contributed by atoms with Gasteiger partial charge in [0, 0.05) is 30.9 Å². The van der Waals surface area contributed by atoms with Crippen molar-refractivity contribution in [3.05, 3.63) is 11.8 Å². The van der Waals surface area contributed by atoms with Gasteiger partial charge >= 0.3 is 0 Å². The molecule has 1 fully saturated rings. The maximum absolute atomic E-state index is 5.42. The van der Waals surface area contributed by atoms with Gasteiger partial charge in [-0.05, 0) is 33.4 Å². The number of nitrogens with one attached hydrogen (secondary N) is 1. The Morgan fingerprint density at radius 2 is 2.26 bits per heavy atom. The maximum Gasteiger partial charge on any atom is 0.239 e. The molecule has 0 spiro atoms. The number of nitrogens with zero attached hydrogens (tertiary/aromatic N) is 4. The highest BCUT2D eigenvalue weighted by atomic mass is 15.3. The Morgan fingerprint density at radius 1 is 1.47 bits per heavy atom. The molecule has 0 amide bonds. The van der Waals surface area contributed by atoms with Gasteiger partial charge in [-0.25, -0.2) is 10.8 Å². The highest BCUT2D eigenvalue weighted by Crippen LogP contribution is 2.23. The Balaban J connectivity index is 2.31. The summed E-state index contributed by atoms with van der Waals surface area (Å²) < 4.78 is 0. The highest BCUT2D eigenvalue weighted by molar-refractivity contribution is 5.49. The molecule has 2 rings (SSSR count). The molecule has 1 aromatic heterocycles. The fourth-order valence-corrected chi connectivity index (χ4v) is 2.66. The minimum Gasteiger partial charge on any atom is -0.352 e. The van der Waals surface area contributed by atoms with Crippen LogP contribution in [0, 0.1) is 6.92 Å². The highest BCUT2D eigenvalue weighted by Gasteiger charge is 2.24. The molecule has 19 heavy (non-hydrogen) atoms. The molecule has 1 unspecified atom stereocenters. The molecule has 1 aliphatic rings. The first kappa shape index (κ1) is 14.0. The van der Waals surface area contributed by atoms with E-state index in [9.17, 15) is 0 Å². The van der Waals surface area contributed by atoms with Crippen LogP contribution in [0.1, 0.15) is 25.3 Å². The zero-order valence-electron chi connectivity index (χ0n) is 12.1. The van der Waals surface area contributed by atoms with Gasteiger partial charge in [-0.1, -0.05) is 6.92 Å². The first-order chi connectivity index (χ1) is 9.15. The summed E-state index contributed by atoms with van der Waals surface area (Å²) in [6.07, 6.45) is 4.10. The van der Waals surface area contributed by atoms with Gasteiger partial charge in [0.15, 0.2) is 0 Å².